The Morgan fingerprint density at radius 1 is 1.40 bits per heavy atom. The summed E-state index contributed by atoms with van der Waals surface area (Å²) in [5.41, 5.74) is 0. The average Bonchev–Trinajstić information content (AvgIpc) is 2.63. The lowest BCUT2D eigenvalue weighted by Crippen LogP contribution is -2.24. The molecule has 0 fully saturated rings. The van der Waals surface area contributed by atoms with E-state index in [1.807, 2.05) is 6.20 Å². The van der Waals surface area contributed by atoms with Gasteiger partial charge in [-0.3, -0.25) is 0 Å². The molecule has 0 aliphatic heterocycles. The molecule has 0 aliphatic rings. The van der Waals surface area contributed by atoms with Crippen LogP contribution in [0.15, 0.2) is 12.4 Å². The Balaban J connectivity index is 2.39. The van der Waals surface area contributed by atoms with E-state index in [0.717, 1.165) is 18.9 Å². The maximum Gasteiger partial charge on any atom is 0.122 e. The Bertz CT molecular complexity index is 266. The van der Waals surface area contributed by atoms with Crippen molar-refractivity contribution in [1.29, 1.82) is 0 Å². The summed E-state index contributed by atoms with van der Waals surface area (Å²) >= 11 is 0. The third-order valence-electron chi connectivity index (χ3n) is 2.47. The summed E-state index contributed by atoms with van der Waals surface area (Å²) in [5.74, 6) is 1.15. The highest BCUT2D eigenvalue weighted by Crippen LogP contribution is 2.03. The Hall–Kier alpha value is -0.830. The molecule has 0 saturated carbocycles. The first-order chi connectivity index (χ1) is 7.24. The number of unbranched alkanes of at least 4 members (excludes halogenated alkanes) is 2. The van der Waals surface area contributed by atoms with Crippen LogP contribution in [0.1, 0.15) is 45.9 Å². The van der Waals surface area contributed by atoms with Gasteiger partial charge in [-0.05, 0) is 6.42 Å². The zero-order valence-corrected chi connectivity index (χ0v) is 10.2. The molecule has 3 heteroatoms. The van der Waals surface area contributed by atoms with E-state index in [0.29, 0.717) is 6.04 Å². The third-order valence-corrected chi connectivity index (χ3v) is 2.47. The lowest BCUT2D eigenvalue weighted by molar-refractivity contribution is 0.528. The molecular weight excluding hydrogens is 186 g/mol. The van der Waals surface area contributed by atoms with Crippen LogP contribution in [0.4, 0.5) is 0 Å². The number of rotatable bonds is 7. The summed E-state index contributed by atoms with van der Waals surface area (Å²) < 4.78 is 2.26. The van der Waals surface area contributed by atoms with E-state index >= 15 is 0 Å². The van der Waals surface area contributed by atoms with Crippen LogP contribution >= 0.6 is 0 Å². The molecular formula is C12H23N3. The Labute approximate surface area is 92.9 Å². The van der Waals surface area contributed by atoms with Crippen molar-refractivity contribution in [3.63, 3.8) is 0 Å². The van der Waals surface area contributed by atoms with Crippen LogP contribution in [0.2, 0.25) is 0 Å². The Kier molecular flexibility index (Phi) is 5.40. The normalized spacial score (nSPS) is 11.2. The fourth-order valence-corrected chi connectivity index (χ4v) is 1.54. The van der Waals surface area contributed by atoms with Crippen molar-refractivity contribution in [2.75, 3.05) is 0 Å². The Morgan fingerprint density at radius 2 is 2.20 bits per heavy atom. The molecule has 0 aliphatic carbocycles. The van der Waals surface area contributed by atoms with Gasteiger partial charge in [0.25, 0.3) is 0 Å². The largest absolute Gasteiger partial charge is 0.334 e. The fraction of sp³-hybridized carbons (Fsp3) is 0.750. The monoisotopic (exact) mass is 209 g/mol. The summed E-state index contributed by atoms with van der Waals surface area (Å²) in [6, 6.07) is 0.519. The van der Waals surface area contributed by atoms with Crippen molar-refractivity contribution in [2.24, 2.45) is 0 Å². The molecule has 15 heavy (non-hydrogen) atoms. The van der Waals surface area contributed by atoms with Crippen molar-refractivity contribution in [2.45, 2.75) is 59.2 Å². The molecule has 0 saturated heterocycles. The van der Waals surface area contributed by atoms with Crippen molar-refractivity contribution in [3.05, 3.63) is 18.2 Å². The zero-order chi connectivity index (χ0) is 11.1. The van der Waals surface area contributed by atoms with Crippen molar-refractivity contribution in [1.82, 2.24) is 14.9 Å². The minimum absolute atomic E-state index is 0.519. The summed E-state index contributed by atoms with van der Waals surface area (Å²) in [5, 5.41) is 3.40. The number of aryl methyl sites for hydroxylation is 1. The minimum atomic E-state index is 0.519. The fourth-order valence-electron chi connectivity index (χ4n) is 1.54. The first-order valence-electron chi connectivity index (χ1n) is 5.97. The van der Waals surface area contributed by atoms with Crippen LogP contribution in [0, 0.1) is 0 Å². The highest BCUT2D eigenvalue weighted by molar-refractivity contribution is 4.92. The van der Waals surface area contributed by atoms with Crippen LogP contribution in [0.25, 0.3) is 0 Å². The highest BCUT2D eigenvalue weighted by atomic mass is 15.1. The van der Waals surface area contributed by atoms with Gasteiger partial charge in [0.15, 0.2) is 0 Å². The quantitative estimate of drug-likeness (QED) is 0.699. The Morgan fingerprint density at radius 3 is 2.87 bits per heavy atom. The number of nitrogens with one attached hydrogen (secondary N) is 1. The van der Waals surface area contributed by atoms with Gasteiger partial charge >= 0.3 is 0 Å². The van der Waals surface area contributed by atoms with Gasteiger partial charge in [-0.1, -0.05) is 33.6 Å². The van der Waals surface area contributed by atoms with Gasteiger partial charge in [0, 0.05) is 25.0 Å². The summed E-state index contributed by atoms with van der Waals surface area (Å²) in [6.07, 6.45) is 7.79. The maximum absolute atomic E-state index is 4.37. The van der Waals surface area contributed by atoms with Gasteiger partial charge in [-0.15, -0.1) is 0 Å². The predicted molar refractivity (Wildman–Crippen MR) is 63.7 cm³/mol. The second-order valence-corrected chi connectivity index (χ2v) is 4.28. The molecule has 86 valence electrons. The predicted octanol–water partition coefficient (Wildman–Crippen LogP) is 2.57. The number of hydrogen-bond donors (Lipinski definition) is 1. The number of nitrogens with zero attached hydrogens (tertiary/aromatic N) is 2. The van der Waals surface area contributed by atoms with Gasteiger partial charge in [0.1, 0.15) is 5.82 Å². The molecule has 0 amide bonds. The van der Waals surface area contributed by atoms with Gasteiger partial charge in [0.05, 0.1) is 6.54 Å². The number of hydrogen-bond acceptors (Lipinski definition) is 2. The van der Waals surface area contributed by atoms with E-state index in [4.69, 9.17) is 0 Å². The van der Waals surface area contributed by atoms with Crippen LogP contribution < -0.4 is 5.32 Å². The molecule has 0 bridgehead atoms. The molecule has 1 heterocycles. The van der Waals surface area contributed by atoms with Crippen LogP contribution in [0.3, 0.4) is 0 Å². The average molecular weight is 209 g/mol. The number of imidazole rings is 1. The molecule has 0 aromatic carbocycles. The lowest BCUT2D eigenvalue weighted by Gasteiger charge is -2.10. The maximum atomic E-state index is 4.37. The molecule has 1 aromatic rings. The second kappa shape index (κ2) is 6.62. The van der Waals surface area contributed by atoms with Crippen LogP contribution in [0.5, 0.6) is 0 Å². The van der Waals surface area contributed by atoms with Gasteiger partial charge in [-0.25, -0.2) is 4.98 Å². The lowest BCUT2D eigenvalue weighted by atomic mass is 10.2. The molecule has 0 radical (unpaired) electrons. The van der Waals surface area contributed by atoms with E-state index < -0.39 is 0 Å². The summed E-state index contributed by atoms with van der Waals surface area (Å²) in [6.45, 7) is 8.52. The third kappa shape index (κ3) is 4.47. The molecule has 1 aromatic heterocycles. The van der Waals surface area contributed by atoms with E-state index in [9.17, 15) is 0 Å². The standard InChI is InChI=1S/C12H23N3/c1-4-5-6-8-15-9-7-13-12(15)10-14-11(2)3/h7,9,11,14H,4-6,8,10H2,1-3H3. The summed E-state index contributed by atoms with van der Waals surface area (Å²) in [7, 11) is 0. The van der Waals surface area contributed by atoms with Gasteiger partial charge < -0.3 is 9.88 Å². The summed E-state index contributed by atoms with van der Waals surface area (Å²) in [4.78, 5) is 4.37. The van der Waals surface area contributed by atoms with E-state index in [-0.39, 0.29) is 0 Å². The minimum Gasteiger partial charge on any atom is -0.334 e. The van der Waals surface area contributed by atoms with E-state index in [1.165, 1.54) is 19.3 Å². The molecule has 0 spiro atoms. The smallest absolute Gasteiger partial charge is 0.122 e. The number of aromatic nitrogens is 2. The zero-order valence-electron chi connectivity index (χ0n) is 10.2. The van der Waals surface area contributed by atoms with Crippen molar-refractivity contribution >= 4 is 0 Å². The molecule has 1 rings (SSSR count). The van der Waals surface area contributed by atoms with Crippen molar-refractivity contribution in [3.8, 4) is 0 Å². The first-order valence-corrected chi connectivity index (χ1v) is 5.97. The first kappa shape index (κ1) is 12.2. The molecule has 3 nitrogen and oxygen atoms in total. The molecule has 0 atom stereocenters. The SMILES string of the molecule is CCCCCn1ccnc1CNC(C)C. The van der Waals surface area contributed by atoms with E-state index in [2.05, 4.69) is 41.8 Å². The highest BCUT2D eigenvalue weighted by Gasteiger charge is 2.02. The van der Waals surface area contributed by atoms with E-state index in [1.54, 1.807) is 0 Å². The van der Waals surface area contributed by atoms with Crippen LogP contribution in [-0.2, 0) is 13.1 Å². The van der Waals surface area contributed by atoms with Crippen molar-refractivity contribution < 1.29 is 0 Å². The molecule has 0 unspecified atom stereocenters. The molecule has 1 N–H and O–H groups in total. The second-order valence-electron chi connectivity index (χ2n) is 4.28. The van der Waals surface area contributed by atoms with Crippen LogP contribution in [-0.4, -0.2) is 15.6 Å². The van der Waals surface area contributed by atoms with Gasteiger partial charge in [0.2, 0.25) is 0 Å². The van der Waals surface area contributed by atoms with Gasteiger partial charge in [-0.2, -0.15) is 0 Å². The topological polar surface area (TPSA) is 29.9 Å².